The van der Waals surface area contributed by atoms with Gasteiger partial charge in [0.05, 0.1) is 25.2 Å². The molecule has 0 aliphatic carbocycles. The highest BCUT2D eigenvalue weighted by Crippen LogP contribution is 2.32. The topological polar surface area (TPSA) is 146 Å². The average Bonchev–Trinajstić information content (AvgIpc) is 2.87. The molecule has 0 aliphatic heterocycles. The van der Waals surface area contributed by atoms with Crippen LogP contribution in [0.1, 0.15) is 66.4 Å². The van der Waals surface area contributed by atoms with Gasteiger partial charge in [-0.15, -0.1) is 0 Å². The average molecular weight is 552 g/mol. The summed E-state index contributed by atoms with van der Waals surface area (Å²) in [7, 11) is 3.29. The molecule has 6 N–H and O–H groups in total. The minimum atomic E-state index is -0.854. The van der Waals surface area contributed by atoms with Crippen LogP contribution in [0.5, 0.6) is 11.5 Å². The van der Waals surface area contributed by atoms with Crippen LogP contribution in [-0.2, 0) is 20.7 Å². The lowest BCUT2D eigenvalue weighted by Crippen LogP contribution is -2.46. The lowest BCUT2D eigenvalue weighted by Gasteiger charge is -2.30. The number of primary amides is 1. The zero-order valence-electron chi connectivity index (χ0n) is 25.3. The second-order valence-corrected chi connectivity index (χ2v) is 11.9. The maximum Gasteiger partial charge on any atom is 0.224 e. The van der Waals surface area contributed by atoms with E-state index in [0.717, 1.165) is 18.4 Å². The number of aliphatic hydroxyl groups excluding tert-OH is 1. The smallest absolute Gasteiger partial charge is 0.224 e. The number of rotatable bonds is 19. The molecule has 0 bridgehead atoms. The summed E-state index contributed by atoms with van der Waals surface area (Å²) < 4.78 is 16.5. The van der Waals surface area contributed by atoms with E-state index in [2.05, 4.69) is 19.2 Å². The number of aliphatic hydroxyl groups is 1. The molecule has 0 saturated carbocycles. The minimum absolute atomic E-state index is 0.00829. The van der Waals surface area contributed by atoms with Crippen molar-refractivity contribution in [2.45, 2.75) is 79.4 Å². The van der Waals surface area contributed by atoms with Gasteiger partial charge in [0, 0.05) is 38.6 Å². The molecule has 0 aliphatic rings. The predicted molar refractivity (Wildman–Crippen MR) is 155 cm³/mol. The lowest BCUT2D eigenvalue weighted by atomic mass is 9.80. The molecule has 39 heavy (non-hydrogen) atoms. The van der Waals surface area contributed by atoms with Gasteiger partial charge in [-0.05, 0) is 68.6 Å². The zero-order chi connectivity index (χ0) is 29.8. The van der Waals surface area contributed by atoms with Crippen LogP contribution in [-0.4, -0.2) is 63.0 Å². The number of carbonyl (C=O) groups excluding carboxylic acids is 2. The maximum absolute atomic E-state index is 12.9. The molecule has 1 aromatic rings. The van der Waals surface area contributed by atoms with E-state index < -0.39 is 29.4 Å². The summed E-state index contributed by atoms with van der Waals surface area (Å²) in [5.74, 6) is 0.792. The van der Waals surface area contributed by atoms with Crippen LogP contribution in [0.25, 0.3) is 0 Å². The van der Waals surface area contributed by atoms with E-state index >= 15 is 0 Å². The molecule has 4 atom stereocenters. The first-order valence-corrected chi connectivity index (χ1v) is 14.0. The van der Waals surface area contributed by atoms with Crippen LogP contribution in [0, 0.1) is 29.1 Å². The second kappa shape index (κ2) is 16.7. The molecule has 9 nitrogen and oxygen atoms in total. The molecule has 0 fully saturated rings. The molecular weight excluding hydrogens is 498 g/mol. The second-order valence-electron chi connectivity index (χ2n) is 11.9. The first kappa shape index (κ1) is 34.7. The van der Waals surface area contributed by atoms with Crippen molar-refractivity contribution in [3.63, 3.8) is 0 Å². The van der Waals surface area contributed by atoms with Crippen molar-refractivity contribution in [3.8, 4) is 11.5 Å². The Morgan fingerprint density at radius 2 is 1.69 bits per heavy atom. The Kier molecular flexibility index (Phi) is 14.8. The van der Waals surface area contributed by atoms with E-state index in [1.54, 1.807) is 28.1 Å². The number of ether oxygens (including phenoxy) is 3. The van der Waals surface area contributed by atoms with Crippen molar-refractivity contribution < 1.29 is 28.9 Å². The summed E-state index contributed by atoms with van der Waals surface area (Å²) in [4.78, 5) is 24.5. The van der Waals surface area contributed by atoms with Gasteiger partial charge in [-0.25, -0.2) is 0 Å². The van der Waals surface area contributed by atoms with E-state index in [0.29, 0.717) is 37.1 Å². The summed E-state index contributed by atoms with van der Waals surface area (Å²) in [5.41, 5.74) is 12.2. The van der Waals surface area contributed by atoms with Gasteiger partial charge in [-0.3, -0.25) is 9.59 Å². The molecule has 1 rings (SSSR count). The highest BCUT2D eigenvalue weighted by molar-refractivity contribution is 5.83. The molecule has 0 heterocycles. The predicted octanol–water partition coefficient (Wildman–Crippen LogP) is 3.29. The van der Waals surface area contributed by atoms with Gasteiger partial charge in [0.1, 0.15) is 0 Å². The van der Waals surface area contributed by atoms with Crippen molar-refractivity contribution in [1.82, 2.24) is 5.32 Å². The van der Waals surface area contributed by atoms with Crippen LogP contribution in [0.3, 0.4) is 0 Å². The third kappa shape index (κ3) is 11.7. The Morgan fingerprint density at radius 1 is 1.03 bits per heavy atom. The number of hydrogen-bond donors (Lipinski definition) is 4. The Bertz CT molecular complexity index is 889. The van der Waals surface area contributed by atoms with E-state index in [1.165, 1.54) is 0 Å². The van der Waals surface area contributed by atoms with Crippen LogP contribution >= 0.6 is 0 Å². The first-order chi connectivity index (χ1) is 18.2. The molecular formula is C30H53N3O6. The third-order valence-electron chi connectivity index (χ3n) is 7.50. The Balaban J connectivity index is 2.87. The summed E-state index contributed by atoms with van der Waals surface area (Å²) in [5, 5.41) is 13.9. The fraction of sp³-hybridized carbons (Fsp3) is 0.733. The van der Waals surface area contributed by atoms with E-state index in [4.69, 9.17) is 25.7 Å². The zero-order valence-corrected chi connectivity index (χ0v) is 25.3. The van der Waals surface area contributed by atoms with Gasteiger partial charge in [0.25, 0.3) is 0 Å². The molecule has 224 valence electrons. The molecule has 0 unspecified atom stereocenters. The fourth-order valence-electron chi connectivity index (χ4n) is 4.39. The van der Waals surface area contributed by atoms with Gasteiger partial charge < -0.3 is 36.1 Å². The molecule has 1 aromatic carbocycles. The van der Waals surface area contributed by atoms with Crippen LogP contribution < -0.4 is 26.3 Å². The molecule has 2 amide bonds. The van der Waals surface area contributed by atoms with E-state index in [1.807, 2.05) is 32.0 Å². The van der Waals surface area contributed by atoms with Gasteiger partial charge in [-0.2, -0.15) is 0 Å². The molecule has 0 spiro atoms. The van der Waals surface area contributed by atoms with E-state index in [9.17, 15) is 14.7 Å². The van der Waals surface area contributed by atoms with Crippen molar-refractivity contribution >= 4 is 11.8 Å². The van der Waals surface area contributed by atoms with Gasteiger partial charge in [0.2, 0.25) is 11.8 Å². The largest absolute Gasteiger partial charge is 0.493 e. The van der Waals surface area contributed by atoms with Crippen LogP contribution in [0.2, 0.25) is 0 Å². The summed E-state index contributed by atoms with van der Waals surface area (Å²) in [6.07, 6.45) is 1.56. The number of methoxy groups -OCH3 is 2. The van der Waals surface area contributed by atoms with Crippen molar-refractivity contribution in [1.29, 1.82) is 0 Å². The standard InChI is InChI=1S/C30H53N3O6/c1-19(2)22(14-21-10-11-26(38-8)27(15-21)39-13-9-12-37-7)16-24(31)25(34)17-23(20(3)4)28(35)33-18-30(5,6)29(32)36/h10-11,15,19-20,22-25,34H,9,12-14,16-18,31H2,1-8H3,(H2,32,36)(H,33,35)/t22-,23-,24+,25-/m1/s1. The van der Waals surface area contributed by atoms with Crippen LogP contribution in [0.15, 0.2) is 18.2 Å². The highest BCUT2D eigenvalue weighted by Gasteiger charge is 2.32. The Morgan fingerprint density at radius 3 is 2.23 bits per heavy atom. The number of nitrogens with one attached hydrogen (secondary N) is 1. The Hall–Kier alpha value is -2.36. The summed E-state index contributed by atoms with van der Waals surface area (Å²) >= 11 is 0. The maximum atomic E-state index is 12.9. The molecule has 0 radical (unpaired) electrons. The van der Waals surface area contributed by atoms with Gasteiger partial charge >= 0.3 is 0 Å². The minimum Gasteiger partial charge on any atom is -0.493 e. The van der Waals surface area contributed by atoms with Gasteiger partial charge in [-0.1, -0.05) is 33.8 Å². The normalized spacial score (nSPS) is 15.1. The first-order valence-electron chi connectivity index (χ1n) is 14.0. The number of carbonyl (C=O) groups is 2. The van der Waals surface area contributed by atoms with Crippen molar-refractivity contribution in [2.24, 2.45) is 40.6 Å². The van der Waals surface area contributed by atoms with E-state index in [-0.39, 0.29) is 30.7 Å². The van der Waals surface area contributed by atoms with Crippen LogP contribution in [0.4, 0.5) is 0 Å². The molecule has 0 saturated heterocycles. The fourth-order valence-corrected chi connectivity index (χ4v) is 4.39. The number of nitrogens with two attached hydrogens (primary N) is 2. The summed E-state index contributed by atoms with van der Waals surface area (Å²) in [6.45, 7) is 12.9. The highest BCUT2D eigenvalue weighted by atomic mass is 16.5. The number of hydrogen-bond acceptors (Lipinski definition) is 7. The molecule has 0 aromatic heterocycles. The monoisotopic (exact) mass is 551 g/mol. The lowest BCUT2D eigenvalue weighted by molar-refractivity contribution is -0.130. The third-order valence-corrected chi connectivity index (χ3v) is 7.50. The molecule has 9 heteroatoms. The summed E-state index contributed by atoms with van der Waals surface area (Å²) in [6, 6.07) is 5.47. The number of benzene rings is 1. The SMILES string of the molecule is COCCCOc1cc(C[C@H](C[C@H](N)[C@H](O)C[C@@H](C(=O)NCC(C)(C)C(N)=O)C(C)C)C(C)C)ccc1OC. The Labute approximate surface area is 235 Å². The van der Waals surface area contributed by atoms with Gasteiger partial charge in [0.15, 0.2) is 11.5 Å². The van der Waals surface area contributed by atoms with Crippen molar-refractivity contribution in [2.75, 3.05) is 34.0 Å². The quantitative estimate of drug-likeness (QED) is 0.193. The van der Waals surface area contributed by atoms with Crippen molar-refractivity contribution in [3.05, 3.63) is 23.8 Å². The number of amides is 2.